The van der Waals surface area contributed by atoms with Crippen LogP contribution in [0.4, 0.5) is 5.69 Å². The van der Waals surface area contributed by atoms with E-state index in [2.05, 4.69) is 0 Å². The Morgan fingerprint density at radius 3 is 3.00 bits per heavy atom. The SMILES string of the molecule is Cc1ccc2c(c1)CC(=O)N2CCO. The maximum atomic E-state index is 11.5. The summed E-state index contributed by atoms with van der Waals surface area (Å²) in [5.74, 6) is 0.0830. The second-order valence-corrected chi connectivity index (χ2v) is 3.58. The predicted molar refractivity (Wildman–Crippen MR) is 54.3 cm³/mol. The molecule has 0 fully saturated rings. The van der Waals surface area contributed by atoms with Gasteiger partial charge in [-0.2, -0.15) is 0 Å². The Hall–Kier alpha value is -1.35. The van der Waals surface area contributed by atoms with E-state index in [1.54, 1.807) is 4.90 Å². The maximum absolute atomic E-state index is 11.5. The molecule has 14 heavy (non-hydrogen) atoms. The number of aliphatic hydroxyl groups is 1. The second kappa shape index (κ2) is 3.42. The fourth-order valence-electron chi connectivity index (χ4n) is 1.86. The molecular weight excluding hydrogens is 178 g/mol. The highest BCUT2D eigenvalue weighted by Crippen LogP contribution is 2.28. The predicted octanol–water partition coefficient (Wildman–Crippen LogP) is 0.876. The molecule has 0 spiro atoms. The van der Waals surface area contributed by atoms with Crippen LogP contribution in [0, 0.1) is 6.92 Å². The van der Waals surface area contributed by atoms with E-state index < -0.39 is 0 Å². The number of amides is 1. The van der Waals surface area contributed by atoms with E-state index in [1.165, 1.54) is 5.56 Å². The molecule has 1 aliphatic heterocycles. The summed E-state index contributed by atoms with van der Waals surface area (Å²) < 4.78 is 0. The van der Waals surface area contributed by atoms with Gasteiger partial charge in [-0.1, -0.05) is 17.7 Å². The number of hydrogen-bond donors (Lipinski definition) is 1. The Morgan fingerprint density at radius 2 is 2.29 bits per heavy atom. The highest BCUT2D eigenvalue weighted by molar-refractivity contribution is 6.01. The Morgan fingerprint density at radius 1 is 1.50 bits per heavy atom. The number of benzene rings is 1. The van der Waals surface area contributed by atoms with Crippen molar-refractivity contribution >= 4 is 11.6 Å². The van der Waals surface area contributed by atoms with E-state index in [4.69, 9.17) is 5.11 Å². The lowest BCUT2D eigenvalue weighted by atomic mass is 10.1. The quantitative estimate of drug-likeness (QED) is 0.753. The molecule has 0 bridgehead atoms. The Kier molecular flexibility index (Phi) is 2.25. The zero-order valence-corrected chi connectivity index (χ0v) is 8.16. The van der Waals surface area contributed by atoms with Crippen LogP contribution in [0.25, 0.3) is 0 Å². The molecule has 1 N–H and O–H groups in total. The second-order valence-electron chi connectivity index (χ2n) is 3.58. The average Bonchev–Trinajstić information content (AvgIpc) is 2.43. The molecule has 3 nitrogen and oxygen atoms in total. The van der Waals surface area contributed by atoms with Gasteiger partial charge in [0.2, 0.25) is 5.91 Å². The monoisotopic (exact) mass is 191 g/mol. The highest BCUT2D eigenvalue weighted by atomic mass is 16.3. The third kappa shape index (κ3) is 1.40. The summed E-state index contributed by atoms with van der Waals surface area (Å²) in [6, 6.07) is 5.97. The average molecular weight is 191 g/mol. The van der Waals surface area contributed by atoms with Crippen LogP contribution in [-0.4, -0.2) is 24.2 Å². The normalized spacial score (nSPS) is 14.7. The van der Waals surface area contributed by atoms with E-state index >= 15 is 0 Å². The number of β-amino-alcohol motifs (C(OH)–C–C–N with tert-alkyl or cyclic N) is 1. The first kappa shape index (κ1) is 9.21. The standard InChI is InChI=1S/C11H13NO2/c1-8-2-3-10-9(6-8)7-11(14)12(10)4-5-13/h2-3,6,13H,4-5,7H2,1H3. The van der Waals surface area contributed by atoms with Crippen molar-refractivity contribution in [3.05, 3.63) is 29.3 Å². The first-order chi connectivity index (χ1) is 6.72. The molecular formula is C11H13NO2. The number of rotatable bonds is 2. The number of aryl methyl sites for hydroxylation is 1. The van der Waals surface area contributed by atoms with Gasteiger partial charge >= 0.3 is 0 Å². The van der Waals surface area contributed by atoms with Crippen molar-refractivity contribution in [1.29, 1.82) is 0 Å². The van der Waals surface area contributed by atoms with Crippen molar-refractivity contribution in [2.45, 2.75) is 13.3 Å². The van der Waals surface area contributed by atoms with Crippen LogP contribution in [0.2, 0.25) is 0 Å². The van der Waals surface area contributed by atoms with Gasteiger partial charge in [-0.25, -0.2) is 0 Å². The summed E-state index contributed by atoms with van der Waals surface area (Å²) in [7, 11) is 0. The van der Waals surface area contributed by atoms with E-state index in [0.29, 0.717) is 13.0 Å². The summed E-state index contributed by atoms with van der Waals surface area (Å²) in [5, 5.41) is 8.83. The lowest BCUT2D eigenvalue weighted by Crippen LogP contribution is -2.29. The molecule has 0 saturated heterocycles. The number of carbonyl (C=O) groups is 1. The Balaban J connectivity index is 2.37. The molecule has 0 unspecified atom stereocenters. The maximum Gasteiger partial charge on any atom is 0.231 e. The van der Waals surface area contributed by atoms with Crippen molar-refractivity contribution in [2.24, 2.45) is 0 Å². The molecule has 1 amide bonds. The van der Waals surface area contributed by atoms with Gasteiger partial charge in [0.05, 0.1) is 13.0 Å². The molecule has 0 atom stereocenters. The third-order valence-electron chi connectivity index (χ3n) is 2.49. The number of anilines is 1. The van der Waals surface area contributed by atoms with Gasteiger partial charge < -0.3 is 10.0 Å². The summed E-state index contributed by atoms with van der Waals surface area (Å²) in [6.45, 7) is 2.42. The molecule has 0 radical (unpaired) electrons. The highest BCUT2D eigenvalue weighted by Gasteiger charge is 2.26. The van der Waals surface area contributed by atoms with Crippen LogP contribution in [0.5, 0.6) is 0 Å². The number of hydrogen-bond acceptors (Lipinski definition) is 2. The molecule has 0 saturated carbocycles. The van der Waals surface area contributed by atoms with Gasteiger partial charge in [-0.05, 0) is 18.6 Å². The third-order valence-corrected chi connectivity index (χ3v) is 2.49. The van der Waals surface area contributed by atoms with Crippen molar-refractivity contribution in [3.63, 3.8) is 0 Å². The van der Waals surface area contributed by atoms with Crippen molar-refractivity contribution in [1.82, 2.24) is 0 Å². The molecule has 1 aliphatic rings. The van der Waals surface area contributed by atoms with Crippen molar-refractivity contribution in [3.8, 4) is 0 Å². The van der Waals surface area contributed by atoms with Crippen LogP contribution in [0.3, 0.4) is 0 Å². The van der Waals surface area contributed by atoms with E-state index in [1.807, 2.05) is 25.1 Å². The fourth-order valence-corrected chi connectivity index (χ4v) is 1.86. The van der Waals surface area contributed by atoms with Crippen LogP contribution in [-0.2, 0) is 11.2 Å². The molecule has 74 valence electrons. The van der Waals surface area contributed by atoms with Crippen LogP contribution in [0.15, 0.2) is 18.2 Å². The van der Waals surface area contributed by atoms with Gasteiger partial charge in [-0.15, -0.1) is 0 Å². The Bertz CT molecular complexity index is 374. The zero-order valence-electron chi connectivity index (χ0n) is 8.16. The fraction of sp³-hybridized carbons (Fsp3) is 0.364. The van der Waals surface area contributed by atoms with E-state index in [9.17, 15) is 4.79 Å². The largest absolute Gasteiger partial charge is 0.395 e. The molecule has 0 aliphatic carbocycles. The molecule has 3 heteroatoms. The van der Waals surface area contributed by atoms with Crippen molar-refractivity contribution < 1.29 is 9.90 Å². The zero-order chi connectivity index (χ0) is 10.1. The van der Waals surface area contributed by atoms with Gasteiger partial charge in [0.25, 0.3) is 0 Å². The summed E-state index contributed by atoms with van der Waals surface area (Å²) in [6.07, 6.45) is 0.469. The van der Waals surface area contributed by atoms with Gasteiger partial charge in [0, 0.05) is 12.2 Å². The minimum absolute atomic E-state index is 0.0130. The lowest BCUT2D eigenvalue weighted by Gasteiger charge is -2.15. The molecule has 1 aromatic carbocycles. The smallest absolute Gasteiger partial charge is 0.231 e. The van der Waals surface area contributed by atoms with Crippen LogP contribution in [0.1, 0.15) is 11.1 Å². The van der Waals surface area contributed by atoms with Crippen molar-refractivity contribution in [2.75, 3.05) is 18.1 Å². The first-order valence-electron chi connectivity index (χ1n) is 4.73. The summed E-state index contributed by atoms with van der Waals surface area (Å²) in [4.78, 5) is 13.2. The van der Waals surface area contributed by atoms with E-state index in [-0.39, 0.29) is 12.5 Å². The summed E-state index contributed by atoms with van der Waals surface area (Å²) >= 11 is 0. The minimum atomic E-state index is 0.0130. The van der Waals surface area contributed by atoms with Crippen LogP contribution < -0.4 is 4.90 Å². The number of carbonyl (C=O) groups excluding carboxylic acids is 1. The van der Waals surface area contributed by atoms with Gasteiger partial charge in [-0.3, -0.25) is 4.79 Å². The molecule has 0 aromatic heterocycles. The molecule has 1 aromatic rings. The topological polar surface area (TPSA) is 40.5 Å². The first-order valence-corrected chi connectivity index (χ1v) is 4.73. The number of aliphatic hydroxyl groups excluding tert-OH is 1. The Labute approximate surface area is 83.0 Å². The number of nitrogens with zero attached hydrogens (tertiary/aromatic N) is 1. The van der Waals surface area contributed by atoms with Gasteiger partial charge in [0.15, 0.2) is 0 Å². The number of fused-ring (bicyclic) bond motifs is 1. The lowest BCUT2D eigenvalue weighted by molar-refractivity contribution is -0.117. The minimum Gasteiger partial charge on any atom is -0.395 e. The molecule has 1 heterocycles. The van der Waals surface area contributed by atoms with Crippen LogP contribution >= 0.6 is 0 Å². The van der Waals surface area contributed by atoms with E-state index in [0.717, 1.165) is 11.3 Å². The molecule has 2 rings (SSSR count). The summed E-state index contributed by atoms with van der Waals surface area (Å²) in [5.41, 5.74) is 3.19. The van der Waals surface area contributed by atoms with Gasteiger partial charge in [0.1, 0.15) is 0 Å².